The first-order valence-electron chi connectivity index (χ1n) is 7.97. The third-order valence-corrected chi connectivity index (χ3v) is 4.10. The third kappa shape index (κ3) is 3.72. The molecular formula is C15H22N6O. The first-order valence-corrected chi connectivity index (χ1v) is 7.97. The smallest absolute Gasteiger partial charge is 0.220 e. The number of aromatic nitrogens is 5. The van der Waals surface area contributed by atoms with E-state index in [1.165, 1.54) is 36.8 Å². The van der Waals surface area contributed by atoms with E-state index in [1.807, 2.05) is 0 Å². The van der Waals surface area contributed by atoms with Gasteiger partial charge in [0.05, 0.1) is 12.2 Å². The van der Waals surface area contributed by atoms with E-state index in [-0.39, 0.29) is 5.91 Å². The number of aryl methyl sites for hydroxylation is 2. The van der Waals surface area contributed by atoms with E-state index in [4.69, 9.17) is 0 Å². The maximum Gasteiger partial charge on any atom is 0.220 e. The van der Waals surface area contributed by atoms with Crippen LogP contribution in [0.25, 0.3) is 0 Å². The molecule has 0 aromatic carbocycles. The average Bonchev–Trinajstić information content (AvgIpc) is 3.10. The Bertz CT molecular complexity index is 604. The molecule has 7 nitrogen and oxygen atoms in total. The van der Waals surface area contributed by atoms with Crippen molar-refractivity contribution in [3.63, 3.8) is 0 Å². The highest BCUT2D eigenvalue weighted by molar-refractivity contribution is 5.75. The molecule has 2 N–H and O–H groups in total. The summed E-state index contributed by atoms with van der Waals surface area (Å²) in [4.78, 5) is 15.8. The van der Waals surface area contributed by atoms with Crippen LogP contribution >= 0.6 is 0 Å². The van der Waals surface area contributed by atoms with Gasteiger partial charge >= 0.3 is 0 Å². The molecular weight excluding hydrogens is 280 g/mol. The van der Waals surface area contributed by atoms with Crippen molar-refractivity contribution in [2.24, 2.45) is 0 Å². The van der Waals surface area contributed by atoms with E-state index in [1.54, 1.807) is 11.0 Å². The lowest BCUT2D eigenvalue weighted by Crippen LogP contribution is -2.23. The highest BCUT2D eigenvalue weighted by Crippen LogP contribution is 2.21. The molecule has 0 bridgehead atoms. The fourth-order valence-electron chi connectivity index (χ4n) is 2.89. The van der Waals surface area contributed by atoms with Crippen LogP contribution in [-0.4, -0.2) is 30.9 Å². The highest BCUT2D eigenvalue weighted by atomic mass is 16.1. The molecule has 1 aliphatic rings. The van der Waals surface area contributed by atoms with Gasteiger partial charge in [-0.1, -0.05) is 6.42 Å². The molecule has 118 valence electrons. The molecule has 0 spiro atoms. The van der Waals surface area contributed by atoms with Gasteiger partial charge in [-0.25, -0.2) is 4.98 Å². The zero-order chi connectivity index (χ0) is 15.2. The number of nitrogens with one attached hydrogen (secondary N) is 2. The average molecular weight is 302 g/mol. The van der Waals surface area contributed by atoms with Crippen LogP contribution < -0.4 is 5.32 Å². The number of hydrogen-bond donors (Lipinski definition) is 2. The third-order valence-electron chi connectivity index (χ3n) is 4.10. The number of aromatic amines is 1. The van der Waals surface area contributed by atoms with Gasteiger partial charge in [-0.2, -0.15) is 10.2 Å². The lowest BCUT2D eigenvalue weighted by Gasteiger charge is -2.05. The van der Waals surface area contributed by atoms with Crippen molar-refractivity contribution >= 4 is 5.91 Å². The van der Waals surface area contributed by atoms with Crippen LogP contribution in [0.2, 0.25) is 0 Å². The fraction of sp³-hybridized carbons (Fsp3) is 0.600. The molecule has 2 heterocycles. The molecule has 2 aromatic heterocycles. The summed E-state index contributed by atoms with van der Waals surface area (Å²) in [6.45, 7) is 1.24. The SMILES string of the molecule is O=C(CCCn1cncn1)NCc1n[nH]c2c1CCCCC2. The maximum absolute atomic E-state index is 11.9. The summed E-state index contributed by atoms with van der Waals surface area (Å²) in [5.41, 5.74) is 3.58. The second-order valence-electron chi connectivity index (χ2n) is 5.73. The zero-order valence-corrected chi connectivity index (χ0v) is 12.7. The van der Waals surface area contributed by atoms with Gasteiger partial charge in [0, 0.05) is 18.7 Å². The van der Waals surface area contributed by atoms with Crippen LogP contribution in [0, 0.1) is 0 Å². The second kappa shape index (κ2) is 7.20. The minimum Gasteiger partial charge on any atom is -0.350 e. The van der Waals surface area contributed by atoms with Crippen molar-refractivity contribution in [1.82, 2.24) is 30.3 Å². The van der Waals surface area contributed by atoms with Gasteiger partial charge in [-0.05, 0) is 37.7 Å². The summed E-state index contributed by atoms with van der Waals surface area (Å²) >= 11 is 0. The van der Waals surface area contributed by atoms with Gasteiger partial charge in [0.1, 0.15) is 12.7 Å². The summed E-state index contributed by atoms with van der Waals surface area (Å²) < 4.78 is 1.74. The van der Waals surface area contributed by atoms with Crippen molar-refractivity contribution in [2.75, 3.05) is 0 Å². The van der Waals surface area contributed by atoms with E-state index < -0.39 is 0 Å². The van der Waals surface area contributed by atoms with Crippen LogP contribution in [0.4, 0.5) is 0 Å². The molecule has 0 fully saturated rings. The minimum atomic E-state index is 0.0606. The predicted molar refractivity (Wildman–Crippen MR) is 80.9 cm³/mol. The quantitative estimate of drug-likeness (QED) is 0.789. The van der Waals surface area contributed by atoms with Crippen molar-refractivity contribution in [3.05, 3.63) is 29.6 Å². The number of hydrogen-bond acceptors (Lipinski definition) is 4. The molecule has 0 radical (unpaired) electrons. The van der Waals surface area contributed by atoms with Gasteiger partial charge in [0.2, 0.25) is 5.91 Å². The van der Waals surface area contributed by atoms with E-state index >= 15 is 0 Å². The fourth-order valence-corrected chi connectivity index (χ4v) is 2.89. The van der Waals surface area contributed by atoms with Gasteiger partial charge < -0.3 is 5.32 Å². The van der Waals surface area contributed by atoms with Crippen LogP contribution in [0.3, 0.4) is 0 Å². The first-order chi connectivity index (χ1) is 10.8. The maximum atomic E-state index is 11.9. The van der Waals surface area contributed by atoms with Crippen LogP contribution in [0.1, 0.15) is 49.1 Å². The lowest BCUT2D eigenvalue weighted by atomic mass is 10.1. The normalized spacial score (nSPS) is 14.4. The Balaban J connectivity index is 1.44. The Morgan fingerprint density at radius 3 is 3.09 bits per heavy atom. The number of amides is 1. The van der Waals surface area contributed by atoms with Crippen molar-refractivity contribution in [3.8, 4) is 0 Å². The molecule has 7 heteroatoms. The van der Waals surface area contributed by atoms with Gasteiger partial charge in [-0.3, -0.25) is 14.6 Å². The van der Waals surface area contributed by atoms with Crippen LogP contribution in [0.5, 0.6) is 0 Å². The lowest BCUT2D eigenvalue weighted by molar-refractivity contribution is -0.121. The topological polar surface area (TPSA) is 88.5 Å². The van der Waals surface area contributed by atoms with Crippen LogP contribution in [0.15, 0.2) is 12.7 Å². The highest BCUT2D eigenvalue weighted by Gasteiger charge is 2.15. The minimum absolute atomic E-state index is 0.0606. The molecule has 22 heavy (non-hydrogen) atoms. The van der Waals surface area contributed by atoms with Crippen molar-refractivity contribution in [1.29, 1.82) is 0 Å². The molecule has 3 rings (SSSR count). The second-order valence-corrected chi connectivity index (χ2v) is 5.73. The summed E-state index contributed by atoms with van der Waals surface area (Å²) in [5, 5.41) is 14.5. The molecule has 1 amide bonds. The van der Waals surface area contributed by atoms with E-state index in [0.717, 1.165) is 25.0 Å². The monoisotopic (exact) mass is 302 g/mol. The van der Waals surface area contributed by atoms with E-state index in [9.17, 15) is 4.79 Å². The molecule has 1 aliphatic carbocycles. The molecule has 0 atom stereocenters. The van der Waals surface area contributed by atoms with Crippen molar-refractivity contribution in [2.45, 2.75) is 58.0 Å². The van der Waals surface area contributed by atoms with Crippen molar-refractivity contribution < 1.29 is 4.79 Å². The Labute approximate surface area is 129 Å². The largest absolute Gasteiger partial charge is 0.350 e. The standard InChI is InChI=1S/C15H22N6O/c22-15(7-4-8-21-11-16-10-18-21)17-9-14-12-5-2-1-3-6-13(12)19-20-14/h10-11H,1-9H2,(H,17,22)(H,19,20). The van der Waals surface area contributed by atoms with Gasteiger partial charge in [-0.15, -0.1) is 0 Å². The summed E-state index contributed by atoms with van der Waals surface area (Å²) in [6, 6.07) is 0. The summed E-state index contributed by atoms with van der Waals surface area (Å²) in [6.07, 6.45) is 10.3. The Hall–Kier alpha value is -2.18. The molecule has 0 aliphatic heterocycles. The number of fused-ring (bicyclic) bond motifs is 1. The Morgan fingerprint density at radius 1 is 1.32 bits per heavy atom. The number of rotatable bonds is 6. The number of H-pyrrole nitrogens is 1. The van der Waals surface area contributed by atoms with Crippen LogP contribution in [-0.2, 0) is 30.7 Å². The van der Waals surface area contributed by atoms with E-state index in [0.29, 0.717) is 19.5 Å². The first kappa shape index (κ1) is 14.7. The number of nitrogens with zero attached hydrogens (tertiary/aromatic N) is 4. The number of carbonyl (C=O) groups excluding carboxylic acids is 1. The number of carbonyl (C=O) groups is 1. The molecule has 2 aromatic rings. The Kier molecular flexibility index (Phi) is 4.82. The molecule has 0 saturated heterocycles. The predicted octanol–water partition coefficient (Wildman–Crippen LogP) is 1.37. The summed E-state index contributed by atoms with van der Waals surface area (Å²) in [7, 11) is 0. The molecule has 0 saturated carbocycles. The summed E-state index contributed by atoms with van der Waals surface area (Å²) in [5.74, 6) is 0.0606. The van der Waals surface area contributed by atoms with E-state index in [2.05, 4.69) is 25.6 Å². The zero-order valence-electron chi connectivity index (χ0n) is 12.7. The molecule has 0 unspecified atom stereocenters. The van der Waals surface area contributed by atoms with Gasteiger partial charge in [0.15, 0.2) is 0 Å². The van der Waals surface area contributed by atoms with Gasteiger partial charge in [0.25, 0.3) is 0 Å². The Morgan fingerprint density at radius 2 is 2.23 bits per heavy atom.